The number of ether oxygens (including phenoxy) is 1. The fourth-order valence-corrected chi connectivity index (χ4v) is 2.87. The summed E-state index contributed by atoms with van der Waals surface area (Å²) in [5.74, 6) is 1.08. The molecule has 2 aromatic rings. The molecule has 2 heterocycles. The Morgan fingerprint density at radius 3 is 2.94 bits per heavy atom. The minimum Gasteiger partial charge on any atom is -0.370 e. The van der Waals surface area contributed by atoms with Crippen molar-refractivity contribution in [3.63, 3.8) is 0 Å². The summed E-state index contributed by atoms with van der Waals surface area (Å²) in [4.78, 5) is 5.43. The zero-order valence-corrected chi connectivity index (χ0v) is 10.9. The van der Waals surface area contributed by atoms with Crippen LogP contribution >= 0.6 is 11.3 Å². The number of aromatic nitrogens is 2. The molecule has 0 amide bonds. The lowest BCUT2D eigenvalue weighted by Gasteiger charge is -2.37. The molecule has 1 fully saturated rings. The molecule has 1 aliphatic rings. The van der Waals surface area contributed by atoms with Crippen molar-refractivity contribution in [1.29, 1.82) is 0 Å². The van der Waals surface area contributed by atoms with Gasteiger partial charge in [0.25, 0.3) is 0 Å². The maximum Gasteiger partial charge on any atom is 0.249 e. The second-order valence-electron chi connectivity index (χ2n) is 4.50. The van der Waals surface area contributed by atoms with Crippen LogP contribution < -0.4 is 5.73 Å². The molecule has 96 valence electrons. The quantitative estimate of drug-likeness (QED) is 0.917. The topological polar surface area (TPSA) is 74.2 Å². The van der Waals surface area contributed by atoms with E-state index in [4.69, 9.17) is 15.0 Å². The molecule has 0 aromatic carbocycles. The largest absolute Gasteiger partial charge is 0.370 e. The fourth-order valence-electron chi connectivity index (χ4n) is 2.15. The molecule has 0 saturated heterocycles. The Hall–Kier alpha value is -1.24. The van der Waals surface area contributed by atoms with Gasteiger partial charge in [-0.1, -0.05) is 11.2 Å². The van der Waals surface area contributed by atoms with Crippen LogP contribution in [0.5, 0.6) is 0 Å². The Kier molecular flexibility index (Phi) is 2.93. The minimum atomic E-state index is -0.350. The number of nitrogens with two attached hydrogens (primary N) is 1. The smallest absolute Gasteiger partial charge is 0.249 e. The Morgan fingerprint density at radius 1 is 1.56 bits per heavy atom. The van der Waals surface area contributed by atoms with Crippen LogP contribution in [0.15, 0.2) is 22.0 Å². The van der Waals surface area contributed by atoms with Crippen molar-refractivity contribution < 1.29 is 9.26 Å². The van der Waals surface area contributed by atoms with Crippen molar-refractivity contribution in [2.24, 2.45) is 5.73 Å². The summed E-state index contributed by atoms with van der Waals surface area (Å²) in [6.45, 7) is 0. The molecule has 3 rings (SSSR count). The molecular weight excluding hydrogens is 250 g/mol. The van der Waals surface area contributed by atoms with Gasteiger partial charge in [0.1, 0.15) is 11.6 Å². The van der Waals surface area contributed by atoms with E-state index in [9.17, 15) is 0 Å². The zero-order valence-electron chi connectivity index (χ0n) is 10.1. The van der Waals surface area contributed by atoms with Crippen LogP contribution in [0.4, 0.5) is 0 Å². The number of thiophene rings is 1. The van der Waals surface area contributed by atoms with E-state index in [2.05, 4.69) is 10.1 Å². The first-order valence-electron chi connectivity index (χ1n) is 5.93. The lowest BCUT2D eigenvalue weighted by Crippen LogP contribution is -2.37. The molecule has 1 aliphatic carbocycles. The molecule has 5 nitrogen and oxygen atoms in total. The Labute approximate surface area is 109 Å². The van der Waals surface area contributed by atoms with Crippen LogP contribution in [0.2, 0.25) is 0 Å². The van der Waals surface area contributed by atoms with Gasteiger partial charge in [-0.3, -0.25) is 0 Å². The van der Waals surface area contributed by atoms with Gasteiger partial charge in [-0.05, 0) is 30.7 Å². The summed E-state index contributed by atoms with van der Waals surface area (Å²) in [6, 6.07) is 3.58. The monoisotopic (exact) mass is 265 g/mol. The second-order valence-corrected chi connectivity index (χ2v) is 5.48. The Morgan fingerprint density at radius 2 is 2.39 bits per heavy atom. The highest BCUT2D eigenvalue weighted by Crippen LogP contribution is 2.43. The lowest BCUT2D eigenvalue weighted by atomic mass is 9.79. The molecule has 1 unspecified atom stereocenters. The highest BCUT2D eigenvalue weighted by atomic mass is 32.1. The third-order valence-electron chi connectivity index (χ3n) is 3.52. The van der Waals surface area contributed by atoms with Gasteiger partial charge in [0.05, 0.1) is 0 Å². The number of rotatable bonds is 4. The average Bonchev–Trinajstić information content (AvgIpc) is 2.99. The summed E-state index contributed by atoms with van der Waals surface area (Å²) < 4.78 is 10.8. The van der Waals surface area contributed by atoms with Crippen molar-refractivity contribution in [1.82, 2.24) is 10.1 Å². The molecule has 1 atom stereocenters. The highest BCUT2D eigenvalue weighted by Gasteiger charge is 2.43. The first-order valence-corrected chi connectivity index (χ1v) is 6.81. The molecule has 0 spiro atoms. The van der Waals surface area contributed by atoms with E-state index >= 15 is 0 Å². The second kappa shape index (κ2) is 4.46. The van der Waals surface area contributed by atoms with Gasteiger partial charge in [0.2, 0.25) is 11.7 Å². The van der Waals surface area contributed by atoms with Gasteiger partial charge >= 0.3 is 0 Å². The van der Waals surface area contributed by atoms with Gasteiger partial charge in [-0.15, -0.1) is 11.3 Å². The number of nitrogens with zero attached hydrogens (tertiary/aromatic N) is 2. The van der Waals surface area contributed by atoms with Crippen LogP contribution in [-0.4, -0.2) is 17.3 Å². The van der Waals surface area contributed by atoms with Crippen LogP contribution in [0.1, 0.15) is 41.9 Å². The molecule has 0 radical (unpaired) electrons. The molecular formula is C12H15N3O2S. The summed E-state index contributed by atoms with van der Waals surface area (Å²) >= 11 is 1.58. The molecule has 1 saturated carbocycles. The van der Waals surface area contributed by atoms with E-state index in [1.165, 1.54) is 0 Å². The van der Waals surface area contributed by atoms with E-state index in [0.717, 1.165) is 24.1 Å². The van der Waals surface area contributed by atoms with Crippen molar-refractivity contribution >= 4 is 11.3 Å². The first-order chi connectivity index (χ1) is 8.75. The average molecular weight is 265 g/mol. The van der Waals surface area contributed by atoms with Crippen LogP contribution in [0, 0.1) is 0 Å². The normalized spacial score (nSPS) is 19.4. The van der Waals surface area contributed by atoms with Gasteiger partial charge in [-0.2, -0.15) is 4.98 Å². The minimum absolute atomic E-state index is 0.347. The lowest BCUT2D eigenvalue weighted by molar-refractivity contribution is -0.0858. The van der Waals surface area contributed by atoms with Gasteiger partial charge in [-0.25, -0.2) is 0 Å². The molecule has 0 bridgehead atoms. The van der Waals surface area contributed by atoms with Crippen molar-refractivity contribution in [2.45, 2.75) is 30.9 Å². The summed E-state index contributed by atoms with van der Waals surface area (Å²) in [5.41, 5.74) is 5.74. The van der Waals surface area contributed by atoms with E-state index < -0.39 is 0 Å². The van der Waals surface area contributed by atoms with Gasteiger partial charge in [0, 0.05) is 12.0 Å². The van der Waals surface area contributed by atoms with Gasteiger partial charge < -0.3 is 15.0 Å². The van der Waals surface area contributed by atoms with E-state index in [1.54, 1.807) is 18.4 Å². The SMILES string of the molecule is COC1(c2noc(C(N)c3cccs3)n2)CCC1. The third-order valence-corrected chi connectivity index (χ3v) is 4.47. The fraction of sp³-hybridized carbons (Fsp3) is 0.500. The third kappa shape index (κ3) is 1.77. The molecule has 6 heteroatoms. The van der Waals surface area contributed by atoms with Crippen molar-refractivity contribution in [3.8, 4) is 0 Å². The van der Waals surface area contributed by atoms with Crippen LogP contribution in [-0.2, 0) is 10.3 Å². The molecule has 0 aliphatic heterocycles. The first kappa shape index (κ1) is 11.8. The molecule has 2 aromatic heterocycles. The number of methoxy groups -OCH3 is 1. The van der Waals surface area contributed by atoms with E-state index in [1.807, 2.05) is 17.5 Å². The Bertz CT molecular complexity index is 514. The molecule has 18 heavy (non-hydrogen) atoms. The molecule has 2 N–H and O–H groups in total. The summed E-state index contributed by atoms with van der Waals surface area (Å²) in [6.07, 6.45) is 3.02. The van der Waals surface area contributed by atoms with E-state index in [-0.39, 0.29) is 11.6 Å². The van der Waals surface area contributed by atoms with Crippen molar-refractivity contribution in [3.05, 3.63) is 34.1 Å². The Balaban J connectivity index is 1.85. The van der Waals surface area contributed by atoms with Crippen molar-refractivity contribution in [2.75, 3.05) is 7.11 Å². The summed E-state index contributed by atoms with van der Waals surface area (Å²) in [5, 5.41) is 6.01. The maximum absolute atomic E-state index is 6.09. The van der Waals surface area contributed by atoms with E-state index in [0.29, 0.717) is 11.7 Å². The maximum atomic E-state index is 6.09. The van der Waals surface area contributed by atoms with Gasteiger partial charge in [0.15, 0.2) is 0 Å². The highest BCUT2D eigenvalue weighted by molar-refractivity contribution is 7.10. The van der Waals surface area contributed by atoms with Crippen LogP contribution in [0.3, 0.4) is 0 Å². The number of hydrogen-bond donors (Lipinski definition) is 1. The predicted octanol–water partition coefficient (Wildman–Crippen LogP) is 2.20. The predicted molar refractivity (Wildman–Crippen MR) is 67.2 cm³/mol. The summed E-state index contributed by atoms with van der Waals surface area (Å²) in [7, 11) is 1.69. The van der Waals surface area contributed by atoms with Crippen LogP contribution in [0.25, 0.3) is 0 Å². The standard InChI is InChI=1S/C12H15N3O2S/c1-16-12(5-3-6-12)11-14-10(17-15-11)9(13)8-4-2-7-18-8/h2,4,7,9H,3,5-6,13H2,1H3. The zero-order chi connectivity index (χ0) is 12.6. The number of hydrogen-bond acceptors (Lipinski definition) is 6.